The minimum Gasteiger partial charge on any atom is -0.323 e. The molecule has 0 amide bonds. The van der Waals surface area contributed by atoms with Gasteiger partial charge < -0.3 is 5.73 Å². The van der Waals surface area contributed by atoms with E-state index in [1.165, 1.54) is 5.56 Å². The third-order valence-corrected chi connectivity index (χ3v) is 6.21. The lowest BCUT2D eigenvalue weighted by atomic mass is 9.97. The van der Waals surface area contributed by atoms with Crippen LogP contribution in [0.15, 0.2) is 24.3 Å². The molecule has 2 unspecified atom stereocenters. The first-order valence-electron chi connectivity index (χ1n) is 7.10. The Bertz CT molecular complexity index is 525. The van der Waals surface area contributed by atoms with Crippen molar-refractivity contribution in [1.82, 2.24) is 0 Å². The number of benzene rings is 1. The van der Waals surface area contributed by atoms with Gasteiger partial charge in [0.05, 0.1) is 11.0 Å². The molecule has 19 heavy (non-hydrogen) atoms. The van der Waals surface area contributed by atoms with Crippen LogP contribution < -0.4 is 5.73 Å². The Hall–Kier alpha value is -0.870. The molecule has 2 N–H and O–H groups in total. The molecular weight excluding hydrogens is 258 g/mol. The Morgan fingerprint density at radius 2 is 2.16 bits per heavy atom. The smallest absolute Gasteiger partial charge is 0.155 e. The lowest BCUT2D eigenvalue weighted by Crippen LogP contribution is -2.37. The van der Waals surface area contributed by atoms with Crippen LogP contribution in [0.4, 0.5) is 0 Å². The lowest BCUT2D eigenvalue weighted by molar-refractivity contribution is 0.504. The first-order valence-corrected chi connectivity index (χ1v) is 8.82. The molecule has 2 atom stereocenters. The van der Waals surface area contributed by atoms with Crippen LogP contribution in [0.1, 0.15) is 49.8 Å². The Labute approximate surface area is 116 Å². The van der Waals surface area contributed by atoms with E-state index in [0.29, 0.717) is 12.2 Å². The topological polar surface area (TPSA) is 60.2 Å². The maximum Gasteiger partial charge on any atom is 0.155 e. The van der Waals surface area contributed by atoms with Crippen molar-refractivity contribution in [2.75, 3.05) is 5.75 Å². The van der Waals surface area contributed by atoms with Gasteiger partial charge in [0.1, 0.15) is 0 Å². The van der Waals surface area contributed by atoms with E-state index in [4.69, 9.17) is 5.73 Å². The second kappa shape index (κ2) is 6.06. The molecule has 1 aliphatic rings. The molecular formula is C15H23NO2S. The van der Waals surface area contributed by atoms with Crippen LogP contribution in [-0.4, -0.2) is 19.4 Å². The van der Waals surface area contributed by atoms with Crippen LogP contribution in [0.2, 0.25) is 0 Å². The molecule has 1 aromatic carbocycles. The van der Waals surface area contributed by atoms with Gasteiger partial charge in [-0.3, -0.25) is 0 Å². The molecule has 0 aliphatic carbocycles. The summed E-state index contributed by atoms with van der Waals surface area (Å²) in [6, 6.07) is 7.69. The monoisotopic (exact) mass is 281 g/mol. The van der Waals surface area contributed by atoms with E-state index in [9.17, 15) is 8.42 Å². The first kappa shape index (κ1) is 14.5. The molecule has 4 heteroatoms. The van der Waals surface area contributed by atoms with E-state index >= 15 is 0 Å². The number of hydrogen-bond donors (Lipinski definition) is 1. The number of nitrogens with two attached hydrogens (primary N) is 1. The number of aryl methyl sites for hydroxylation is 1. The minimum absolute atomic E-state index is 0.292. The van der Waals surface area contributed by atoms with Crippen molar-refractivity contribution < 1.29 is 8.42 Å². The van der Waals surface area contributed by atoms with Gasteiger partial charge in [0.2, 0.25) is 0 Å². The highest BCUT2D eigenvalue weighted by Gasteiger charge is 2.34. The van der Waals surface area contributed by atoms with Crippen LogP contribution in [0.5, 0.6) is 0 Å². The highest BCUT2D eigenvalue weighted by molar-refractivity contribution is 7.92. The van der Waals surface area contributed by atoms with Crippen molar-refractivity contribution in [2.24, 2.45) is 5.73 Å². The molecule has 0 aromatic heterocycles. The molecule has 3 nitrogen and oxygen atoms in total. The maximum absolute atomic E-state index is 12.1. The molecule has 0 radical (unpaired) electrons. The molecule has 0 bridgehead atoms. The van der Waals surface area contributed by atoms with E-state index in [-0.39, 0.29) is 6.04 Å². The second-order valence-corrected chi connectivity index (χ2v) is 7.76. The predicted octanol–water partition coefficient (Wildman–Crippen LogP) is 2.61. The van der Waals surface area contributed by atoms with E-state index in [0.717, 1.165) is 31.2 Å². The standard InChI is InChI=1S/C15H23NO2S/c1-2-6-12-7-5-8-13(11-12)15(16)14-9-3-4-10-19(14,17)18/h5,7-8,11,14-15H,2-4,6,9-10,16H2,1H3. The molecule has 106 valence electrons. The maximum atomic E-state index is 12.1. The highest BCUT2D eigenvalue weighted by Crippen LogP contribution is 2.29. The van der Waals surface area contributed by atoms with Gasteiger partial charge in [0, 0.05) is 6.04 Å². The summed E-state index contributed by atoms with van der Waals surface area (Å²) in [5.74, 6) is 0.292. The van der Waals surface area contributed by atoms with Gasteiger partial charge in [-0.15, -0.1) is 0 Å². The molecule has 2 rings (SSSR count). The van der Waals surface area contributed by atoms with Crippen molar-refractivity contribution in [3.63, 3.8) is 0 Å². The van der Waals surface area contributed by atoms with Crippen LogP contribution in [0, 0.1) is 0 Å². The number of hydrogen-bond acceptors (Lipinski definition) is 3. The Balaban J connectivity index is 2.23. The van der Waals surface area contributed by atoms with Gasteiger partial charge in [-0.05, 0) is 30.4 Å². The van der Waals surface area contributed by atoms with Crippen molar-refractivity contribution >= 4 is 9.84 Å². The summed E-state index contributed by atoms with van der Waals surface area (Å²) < 4.78 is 24.3. The average molecular weight is 281 g/mol. The van der Waals surface area contributed by atoms with Gasteiger partial charge in [0.25, 0.3) is 0 Å². The molecule has 1 aromatic rings. The van der Waals surface area contributed by atoms with Crippen molar-refractivity contribution in [2.45, 2.75) is 50.3 Å². The fourth-order valence-electron chi connectivity index (χ4n) is 2.84. The first-order chi connectivity index (χ1) is 9.04. The Kier molecular flexibility index (Phi) is 4.63. The van der Waals surface area contributed by atoms with Crippen LogP contribution in [0.25, 0.3) is 0 Å². The largest absolute Gasteiger partial charge is 0.323 e. The van der Waals surface area contributed by atoms with Gasteiger partial charge in [0.15, 0.2) is 9.84 Å². The molecule has 1 fully saturated rings. The number of sulfone groups is 1. The summed E-state index contributed by atoms with van der Waals surface area (Å²) in [5.41, 5.74) is 8.43. The summed E-state index contributed by atoms with van der Waals surface area (Å²) in [4.78, 5) is 0. The zero-order valence-electron chi connectivity index (χ0n) is 11.5. The van der Waals surface area contributed by atoms with E-state index in [1.54, 1.807) is 0 Å². The van der Waals surface area contributed by atoms with E-state index in [2.05, 4.69) is 19.1 Å². The minimum atomic E-state index is -3.02. The summed E-state index contributed by atoms with van der Waals surface area (Å²) in [5, 5.41) is -0.405. The Morgan fingerprint density at radius 3 is 2.84 bits per heavy atom. The van der Waals surface area contributed by atoms with Gasteiger partial charge >= 0.3 is 0 Å². The molecule has 0 spiro atoms. The zero-order chi connectivity index (χ0) is 13.9. The van der Waals surface area contributed by atoms with E-state index < -0.39 is 15.1 Å². The van der Waals surface area contributed by atoms with Gasteiger partial charge in [-0.1, -0.05) is 44.0 Å². The summed E-state index contributed by atoms with van der Waals surface area (Å²) in [7, 11) is -3.02. The van der Waals surface area contributed by atoms with Crippen molar-refractivity contribution in [3.8, 4) is 0 Å². The molecule has 1 heterocycles. The Morgan fingerprint density at radius 1 is 1.37 bits per heavy atom. The normalized spacial score (nSPS) is 24.0. The SMILES string of the molecule is CCCc1cccc(C(N)C2CCCCS2(=O)=O)c1. The fraction of sp³-hybridized carbons (Fsp3) is 0.600. The zero-order valence-corrected chi connectivity index (χ0v) is 12.3. The average Bonchev–Trinajstić information content (AvgIpc) is 2.38. The van der Waals surface area contributed by atoms with Crippen molar-refractivity contribution in [1.29, 1.82) is 0 Å². The molecule has 1 aliphatic heterocycles. The molecule has 1 saturated heterocycles. The number of rotatable bonds is 4. The summed E-state index contributed by atoms with van der Waals surface area (Å²) in [6.07, 6.45) is 4.54. The fourth-order valence-corrected chi connectivity index (χ4v) is 4.88. The second-order valence-electron chi connectivity index (χ2n) is 5.42. The lowest BCUT2D eigenvalue weighted by Gasteiger charge is -2.28. The predicted molar refractivity (Wildman–Crippen MR) is 78.8 cm³/mol. The van der Waals surface area contributed by atoms with Crippen LogP contribution in [-0.2, 0) is 16.3 Å². The van der Waals surface area contributed by atoms with E-state index in [1.807, 2.05) is 12.1 Å². The van der Waals surface area contributed by atoms with Gasteiger partial charge in [-0.2, -0.15) is 0 Å². The third kappa shape index (κ3) is 3.37. The van der Waals surface area contributed by atoms with Gasteiger partial charge in [-0.25, -0.2) is 8.42 Å². The highest BCUT2D eigenvalue weighted by atomic mass is 32.2. The molecule has 0 saturated carbocycles. The summed E-state index contributed by atoms with van der Waals surface area (Å²) in [6.45, 7) is 2.14. The summed E-state index contributed by atoms with van der Waals surface area (Å²) >= 11 is 0. The van der Waals surface area contributed by atoms with Crippen LogP contribution >= 0.6 is 0 Å². The van der Waals surface area contributed by atoms with Crippen molar-refractivity contribution in [3.05, 3.63) is 35.4 Å². The third-order valence-electron chi connectivity index (χ3n) is 3.90. The quantitative estimate of drug-likeness (QED) is 0.923. The van der Waals surface area contributed by atoms with Crippen LogP contribution in [0.3, 0.4) is 0 Å².